The van der Waals surface area contributed by atoms with E-state index in [9.17, 15) is 28.6 Å². The maximum atomic E-state index is 14.0. The minimum atomic E-state index is -4.57. The third-order valence-electron chi connectivity index (χ3n) is 8.03. The van der Waals surface area contributed by atoms with Crippen molar-refractivity contribution in [3.05, 3.63) is 35.9 Å². The van der Waals surface area contributed by atoms with Crippen LogP contribution in [0, 0.1) is 0 Å². The van der Waals surface area contributed by atoms with Gasteiger partial charge >= 0.3 is 21.2 Å². The number of rotatable bonds is 23. The lowest BCUT2D eigenvalue weighted by Gasteiger charge is -2.43. The third-order valence-corrected chi connectivity index (χ3v) is 14.5. The SMILES string of the molecule is CCOOP(=O)(OOCC)C(CCNc1ccc2c(C(=O)NC3C(=O)N4C3SC(C)(C)C4C(=O)O)c(OCC)ccc2c1)P(=O)(OOCC)OOCC. The molecule has 0 radical (unpaired) electrons. The van der Waals surface area contributed by atoms with E-state index in [2.05, 4.69) is 10.6 Å². The fraction of sp³-hybridized carbons (Fsp3) is 0.594. The van der Waals surface area contributed by atoms with Gasteiger partial charge in [-0.2, -0.15) is 0 Å². The van der Waals surface area contributed by atoms with Gasteiger partial charge in [-0.15, -0.1) is 30.5 Å². The monoisotopic (exact) mass is 807 g/mol. The number of ether oxygens (including phenoxy) is 1. The summed E-state index contributed by atoms with van der Waals surface area (Å²) < 4.78 is 53.5. The lowest BCUT2D eigenvalue weighted by molar-refractivity contribution is -0.272. The van der Waals surface area contributed by atoms with E-state index in [1.54, 1.807) is 78.8 Å². The van der Waals surface area contributed by atoms with Gasteiger partial charge in [0.25, 0.3) is 5.91 Å². The standard InChI is InChI=1S/C32H47N3O15P2S/c1-8-42-23-16-13-20-19-21(14-15-22(20)25(23)28(36)34-26-29(37)35-27(31(38)39)32(6,7)53-30(26)35)33-18-17-24(51(40,47-43-9-2)48-44-10-3)52(41,49-45-11-4)50-46-12-5/h13-16,19,24,26-27,30,33H,8-12,17-18H2,1-7H3,(H,34,36)(H,38,39). The lowest BCUT2D eigenvalue weighted by Crippen LogP contribution is -2.70. The number of anilines is 1. The molecule has 2 aromatic rings. The highest BCUT2D eigenvalue weighted by atomic mass is 32.2. The Kier molecular flexibility index (Phi) is 15.1. The Morgan fingerprint density at radius 2 is 1.45 bits per heavy atom. The molecule has 53 heavy (non-hydrogen) atoms. The molecular weight excluding hydrogens is 760 g/mol. The van der Waals surface area contributed by atoms with Crippen molar-refractivity contribution in [1.82, 2.24) is 10.2 Å². The zero-order valence-electron chi connectivity index (χ0n) is 30.6. The number of hydrogen-bond acceptors (Lipinski definition) is 16. The lowest BCUT2D eigenvalue weighted by atomic mass is 9.95. The van der Waals surface area contributed by atoms with E-state index in [4.69, 9.17) is 43.0 Å². The van der Waals surface area contributed by atoms with Gasteiger partial charge < -0.3 is 25.4 Å². The van der Waals surface area contributed by atoms with Crippen LogP contribution < -0.4 is 15.4 Å². The molecular formula is C32H47N3O15P2S. The van der Waals surface area contributed by atoms with E-state index in [0.717, 1.165) is 0 Å². The van der Waals surface area contributed by atoms with Gasteiger partial charge in [-0.3, -0.25) is 18.7 Å². The first-order valence-electron chi connectivity index (χ1n) is 17.1. The van der Waals surface area contributed by atoms with Gasteiger partial charge in [0, 0.05) is 17.0 Å². The van der Waals surface area contributed by atoms with E-state index in [-0.39, 0.29) is 51.6 Å². The number of thioether (sulfide) groups is 1. The molecule has 21 heteroatoms. The van der Waals surface area contributed by atoms with Gasteiger partial charge in [-0.05, 0) is 83.9 Å². The number of fused-ring (bicyclic) bond motifs is 2. The first-order chi connectivity index (χ1) is 25.2. The minimum Gasteiger partial charge on any atom is -0.493 e. The molecule has 2 aliphatic rings. The number of benzene rings is 2. The van der Waals surface area contributed by atoms with Crippen LogP contribution in [0.1, 0.15) is 65.2 Å². The predicted molar refractivity (Wildman–Crippen MR) is 193 cm³/mol. The van der Waals surface area contributed by atoms with E-state index < -0.39 is 60.6 Å². The van der Waals surface area contributed by atoms with Crippen LogP contribution in [0.25, 0.3) is 10.8 Å². The van der Waals surface area contributed by atoms with E-state index in [1.165, 1.54) is 16.7 Å². The molecule has 2 aliphatic heterocycles. The molecule has 2 aromatic carbocycles. The molecule has 0 aliphatic carbocycles. The molecule has 2 amide bonds. The molecule has 296 valence electrons. The highest BCUT2D eigenvalue weighted by Gasteiger charge is 2.64. The number of carbonyl (C=O) groups is 3. The Balaban J connectivity index is 1.59. The molecule has 0 spiro atoms. The highest BCUT2D eigenvalue weighted by Crippen LogP contribution is 2.72. The van der Waals surface area contributed by atoms with Crippen molar-refractivity contribution in [1.29, 1.82) is 0 Å². The quantitative estimate of drug-likeness (QED) is 0.0518. The van der Waals surface area contributed by atoms with Crippen molar-refractivity contribution < 1.29 is 71.6 Å². The molecule has 0 saturated carbocycles. The van der Waals surface area contributed by atoms with Crippen LogP contribution in [0.2, 0.25) is 0 Å². The summed E-state index contributed by atoms with van der Waals surface area (Å²) in [6.45, 7) is 11.7. The van der Waals surface area contributed by atoms with Crippen LogP contribution in [0.15, 0.2) is 30.3 Å². The maximum Gasteiger partial charge on any atom is 0.399 e. The molecule has 0 bridgehead atoms. The molecule has 0 aromatic heterocycles. The number of carboxylic acid groups (broad SMARTS) is 1. The fourth-order valence-electron chi connectivity index (χ4n) is 5.85. The molecule has 4 rings (SSSR count). The largest absolute Gasteiger partial charge is 0.493 e. The maximum absolute atomic E-state index is 14.0. The number of hydrogen-bond donors (Lipinski definition) is 3. The summed E-state index contributed by atoms with van der Waals surface area (Å²) in [4.78, 5) is 60.0. The van der Waals surface area contributed by atoms with Gasteiger partial charge in [-0.1, -0.05) is 12.1 Å². The Morgan fingerprint density at radius 1 is 0.887 bits per heavy atom. The molecule has 18 nitrogen and oxygen atoms in total. The Labute approximate surface area is 311 Å². The van der Waals surface area contributed by atoms with Crippen LogP contribution in [-0.4, -0.2) is 95.0 Å². The van der Waals surface area contributed by atoms with E-state index in [0.29, 0.717) is 22.2 Å². The van der Waals surface area contributed by atoms with E-state index >= 15 is 0 Å². The van der Waals surface area contributed by atoms with Crippen LogP contribution >= 0.6 is 27.0 Å². The highest BCUT2D eigenvalue weighted by molar-refractivity contribution is 8.01. The molecule has 2 saturated heterocycles. The van der Waals surface area contributed by atoms with Crippen molar-refractivity contribution in [3.8, 4) is 5.75 Å². The predicted octanol–water partition coefficient (Wildman–Crippen LogP) is 5.87. The fourth-order valence-corrected chi connectivity index (χ4v) is 11.7. The number of nitrogens with zero attached hydrogens (tertiary/aromatic N) is 1. The number of amides is 2. The Bertz CT molecular complexity index is 1660. The molecule has 3 atom stereocenters. The van der Waals surface area contributed by atoms with Crippen LogP contribution in [0.5, 0.6) is 5.75 Å². The second kappa shape index (κ2) is 18.7. The Hall–Kier alpha value is -2.80. The van der Waals surface area contributed by atoms with Crippen LogP contribution in [-0.2, 0) is 57.0 Å². The van der Waals surface area contributed by atoms with Crippen molar-refractivity contribution in [2.24, 2.45) is 0 Å². The summed E-state index contributed by atoms with van der Waals surface area (Å²) in [5.74, 6) is -1.83. The number of carbonyl (C=O) groups excluding carboxylic acids is 2. The third kappa shape index (κ3) is 9.54. The molecule has 3 N–H and O–H groups in total. The average molecular weight is 808 g/mol. The Morgan fingerprint density at radius 3 is 1.96 bits per heavy atom. The number of aliphatic carboxylic acids is 1. The molecule has 2 heterocycles. The van der Waals surface area contributed by atoms with E-state index in [1.807, 2.05) is 0 Å². The van der Waals surface area contributed by atoms with Crippen molar-refractivity contribution in [2.45, 2.75) is 82.5 Å². The molecule has 3 unspecified atom stereocenters. The summed E-state index contributed by atoms with van der Waals surface area (Å²) >= 11 is 1.33. The average Bonchev–Trinajstić information content (AvgIpc) is 3.39. The second-order valence-corrected chi connectivity index (χ2v) is 18.2. The normalized spacial score (nSPS) is 19.7. The van der Waals surface area contributed by atoms with Gasteiger partial charge in [0.1, 0.15) is 23.2 Å². The minimum absolute atomic E-state index is 0.00248. The number of nitrogens with one attached hydrogen (secondary N) is 2. The van der Waals surface area contributed by atoms with Gasteiger partial charge in [0.2, 0.25) is 5.91 Å². The summed E-state index contributed by atoms with van der Waals surface area (Å²) in [5, 5.41) is 14.7. The van der Waals surface area contributed by atoms with Gasteiger partial charge in [0.05, 0.1) is 38.6 Å². The molecule has 2 fully saturated rings. The van der Waals surface area contributed by atoms with Gasteiger partial charge in [0.15, 0.2) is 5.40 Å². The second-order valence-electron chi connectivity index (χ2n) is 12.1. The summed E-state index contributed by atoms with van der Waals surface area (Å²) in [5.41, 5.74) is 0.752. The first kappa shape index (κ1) is 42.9. The summed E-state index contributed by atoms with van der Waals surface area (Å²) in [6.07, 6.45) is -0.227. The topological polar surface area (TPSA) is 216 Å². The van der Waals surface area contributed by atoms with Crippen molar-refractivity contribution in [2.75, 3.05) is 44.9 Å². The smallest absolute Gasteiger partial charge is 0.399 e. The zero-order chi connectivity index (χ0) is 39.0. The van der Waals surface area contributed by atoms with Crippen molar-refractivity contribution in [3.63, 3.8) is 0 Å². The zero-order valence-corrected chi connectivity index (χ0v) is 33.2. The summed E-state index contributed by atoms with van der Waals surface area (Å²) in [7, 11) is -9.13. The number of β-lactam (4-membered cyclic amide) rings is 1. The van der Waals surface area contributed by atoms with Crippen molar-refractivity contribution >= 4 is 61.2 Å². The summed E-state index contributed by atoms with van der Waals surface area (Å²) in [6, 6.07) is 6.60. The van der Waals surface area contributed by atoms with Gasteiger partial charge in [-0.25, -0.2) is 24.3 Å². The van der Waals surface area contributed by atoms with Crippen LogP contribution in [0.3, 0.4) is 0 Å². The number of carboxylic acids is 1. The first-order valence-corrected chi connectivity index (χ1v) is 21.2. The van der Waals surface area contributed by atoms with Crippen LogP contribution in [0.4, 0.5) is 5.69 Å².